The Balaban J connectivity index is 1.61. The molecule has 0 aromatic rings. The van der Waals surface area contributed by atoms with Gasteiger partial charge in [-0.05, 0) is 38.0 Å². The van der Waals surface area contributed by atoms with Crippen LogP contribution in [0, 0.1) is 5.92 Å². The second-order valence-corrected chi connectivity index (χ2v) is 7.44. The van der Waals surface area contributed by atoms with Crippen molar-refractivity contribution in [3.63, 3.8) is 0 Å². The molecule has 110 valence electrons. The third-order valence-corrected chi connectivity index (χ3v) is 6.09. The van der Waals surface area contributed by atoms with Crippen molar-refractivity contribution in [2.45, 2.75) is 37.0 Å². The first-order valence-electron chi connectivity index (χ1n) is 7.46. The molecule has 3 saturated heterocycles. The summed E-state index contributed by atoms with van der Waals surface area (Å²) < 4.78 is 12.0. The van der Waals surface area contributed by atoms with Crippen LogP contribution in [-0.2, 0) is 9.47 Å². The standard InChI is InChI=1S/C14H26N2O2S/c1-16-4-6-17-12(9-16)13(15)11-2-5-18-14(8-11)3-7-19-10-14/h11-13H,2-10,15H2,1H3. The average molecular weight is 286 g/mol. The van der Waals surface area contributed by atoms with Gasteiger partial charge in [0.15, 0.2) is 0 Å². The minimum atomic E-state index is 0.131. The van der Waals surface area contributed by atoms with Crippen LogP contribution in [0.5, 0.6) is 0 Å². The summed E-state index contributed by atoms with van der Waals surface area (Å²) in [5, 5.41) is 0. The highest BCUT2D eigenvalue weighted by Crippen LogP contribution is 2.41. The lowest BCUT2D eigenvalue weighted by Crippen LogP contribution is -2.55. The maximum absolute atomic E-state index is 6.52. The molecule has 3 aliphatic rings. The van der Waals surface area contributed by atoms with Gasteiger partial charge in [0.05, 0.1) is 18.3 Å². The number of ether oxygens (including phenoxy) is 2. The second-order valence-electron chi connectivity index (χ2n) is 6.34. The van der Waals surface area contributed by atoms with Crippen molar-refractivity contribution in [1.82, 2.24) is 4.90 Å². The fraction of sp³-hybridized carbons (Fsp3) is 1.00. The van der Waals surface area contributed by atoms with E-state index in [1.165, 1.54) is 12.2 Å². The summed E-state index contributed by atoms with van der Waals surface area (Å²) >= 11 is 2.02. The zero-order chi connectivity index (χ0) is 13.3. The molecule has 4 nitrogen and oxygen atoms in total. The zero-order valence-electron chi connectivity index (χ0n) is 11.8. The van der Waals surface area contributed by atoms with Crippen molar-refractivity contribution >= 4 is 11.8 Å². The van der Waals surface area contributed by atoms with Crippen molar-refractivity contribution in [1.29, 1.82) is 0 Å². The van der Waals surface area contributed by atoms with E-state index >= 15 is 0 Å². The number of nitrogens with zero attached hydrogens (tertiary/aromatic N) is 1. The highest BCUT2D eigenvalue weighted by atomic mass is 32.2. The molecule has 0 saturated carbocycles. The molecule has 1 spiro atoms. The van der Waals surface area contributed by atoms with E-state index in [1.54, 1.807) is 0 Å². The van der Waals surface area contributed by atoms with Gasteiger partial charge < -0.3 is 20.1 Å². The molecule has 3 heterocycles. The van der Waals surface area contributed by atoms with Crippen molar-refractivity contribution in [3.8, 4) is 0 Å². The molecule has 3 rings (SSSR count). The van der Waals surface area contributed by atoms with Crippen LogP contribution >= 0.6 is 11.8 Å². The number of nitrogens with two attached hydrogens (primary N) is 1. The predicted octanol–water partition coefficient (Wildman–Crippen LogP) is 0.947. The molecule has 0 amide bonds. The van der Waals surface area contributed by atoms with Gasteiger partial charge in [0.1, 0.15) is 0 Å². The molecule has 0 radical (unpaired) electrons. The Morgan fingerprint density at radius 2 is 2.32 bits per heavy atom. The van der Waals surface area contributed by atoms with Gasteiger partial charge in [0.2, 0.25) is 0 Å². The van der Waals surface area contributed by atoms with E-state index in [9.17, 15) is 0 Å². The first kappa shape index (κ1) is 14.1. The number of hydrogen-bond donors (Lipinski definition) is 1. The van der Waals surface area contributed by atoms with Crippen LogP contribution in [0.4, 0.5) is 0 Å². The number of rotatable bonds is 2. The summed E-state index contributed by atoms with van der Waals surface area (Å²) in [4.78, 5) is 2.33. The minimum absolute atomic E-state index is 0.131. The smallest absolute Gasteiger partial charge is 0.0855 e. The Morgan fingerprint density at radius 3 is 3.05 bits per heavy atom. The number of thioether (sulfide) groups is 1. The van der Waals surface area contributed by atoms with Crippen molar-refractivity contribution in [2.24, 2.45) is 11.7 Å². The summed E-state index contributed by atoms with van der Waals surface area (Å²) in [6, 6.07) is 0.161. The van der Waals surface area contributed by atoms with E-state index in [1.807, 2.05) is 11.8 Å². The fourth-order valence-corrected chi connectivity index (χ4v) is 4.98. The van der Waals surface area contributed by atoms with Gasteiger partial charge in [0.25, 0.3) is 0 Å². The summed E-state index contributed by atoms with van der Waals surface area (Å²) in [7, 11) is 2.15. The van der Waals surface area contributed by atoms with Gasteiger partial charge in [0, 0.05) is 31.5 Å². The van der Waals surface area contributed by atoms with Gasteiger partial charge in [-0.3, -0.25) is 0 Å². The summed E-state index contributed by atoms with van der Waals surface area (Å²) in [6.07, 6.45) is 3.63. The Hall–Kier alpha value is 0.190. The van der Waals surface area contributed by atoms with E-state index in [0.717, 1.165) is 44.9 Å². The van der Waals surface area contributed by atoms with Crippen LogP contribution in [0.1, 0.15) is 19.3 Å². The Labute approximate surface area is 120 Å². The fourth-order valence-electron chi connectivity index (χ4n) is 3.60. The molecular weight excluding hydrogens is 260 g/mol. The molecule has 3 fully saturated rings. The normalized spacial score (nSPS) is 42.6. The van der Waals surface area contributed by atoms with E-state index in [4.69, 9.17) is 15.2 Å². The van der Waals surface area contributed by atoms with Crippen LogP contribution in [0.3, 0.4) is 0 Å². The molecule has 0 bridgehead atoms. The maximum atomic E-state index is 6.52. The Bertz CT molecular complexity index is 310. The third-order valence-electron chi connectivity index (χ3n) is 4.87. The van der Waals surface area contributed by atoms with Crippen LogP contribution in [0.15, 0.2) is 0 Å². The van der Waals surface area contributed by atoms with E-state index in [2.05, 4.69) is 11.9 Å². The lowest BCUT2D eigenvalue weighted by atomic mass is 9.79. The zero-order valence-corrected chi connectivity index (χ0v) is 12.7. The molecule has 4 atom stereocenters. The third kappa shape index (κ3) is 3.10. The summed E-state index contributed by atoms with van der Waals surface area (Å²) in [5.74, 6) is 2.95. The first-order chi connectivity index (χ1) is 9.19. The SMILES string of the molecule is CN1CCOC(C(N)C2CCOC3(CCSC3)C2)C1. The quantitative estimate of drug-likeness (QED) is 0.819. The topological polar surface area (TPSA) is 47.7 Å². The van der Waals surface area contributed by atoms with Gasteiger partial charge in [-0.25, -0.2) is 0 Å². The summed E-state index contributed by atoms with van der Waals surface area (Å²) in [5.41, 5.74) is 6.65. The lowest BCUT2D eigenvalue weighted by molar-refractivity contribution is -0.102. The van der Waals surface area contributed by atoms with Crippen molar-refractivity contribution in [2.75, 3.05) is 44.9 Å². The molecule has 0 aliphatic carbocycles. The average Bonchev–Trinajstić information content (AvgIpc) is 2.86. The molecular formula is C14H26N2O2S. The molecule has 4 unspecified atom stereocenters. The molecule has 3 aliphatic heterocycles. The van der Waals surface area contributed by atoms with Gasteiger partial charge in [-0.2, -0.15) is 11.8 Å². The number of likely N-dealkylation sites (N-methyl/N-ethyl adjacent to an activating group) is 1. The summed E-state index contributed by atoms with van der Waals surface area (Å²) in [6.45, 7) is 3.69. The van der Waals surface area contributed by atoms with Crippen LogP contribution in [-0.4, -0.2) is 67.5 Å². The number of hydrogen-bond acceptors (Lipinski definition) is 5. The largest absolute Gasteiger partial charge is 0.374 e. The molecule has 19 heavy (non-hydrogen) atoms. The molecule has 5 heteroatoms. The van der Waals surface area contributed by atoms with Gasteiger partial charge >= 0.3 is 0 Å². The highest BCUT2D eigenvalue weighted by molar-refractivity contribution is 7.99. The van der Waals surface area contributed by atoms with E-state index in [-0.39, 0.29) is 17.7 Å². The second kappa shape index (κ2) is 5.90. The lowest BCUT2D eigenvalue weighted by Gasteiger charge is -2.43. The van der Waals surface area contributed by atoms with Crippen molar-refractivity contribution in [3.05, 3.63) is 0 Å². The Morgan fingerprint density at radius 1 is 1.42 bits per heavy atom. The molecule has 0 aromatic carbocycles. The minimum Gasteiger partial charge on any atom is -0.374 e. The van der Waals surface area contributed by atoms with Gasteiger partial charge in [-0.15, -0.1) is 0 Å². The maximum Gasteiger partial charge on any atom is 0.0855 e. The number of morpholine rings is 1. The van der Waals surface area contributed by atoms with Crippen LogP contribution in [0.25, 0.3) is 0 Å². The molecule has 2 N–H and O–H groups in total. The Kier molecular flexibility index (Phi) is 4.39. The van der Waals surface area contributed by atoms with Crippen LogP contribution < -0.4 is 5.73 Å². The highest BCUT2D eigenvalue weighted by Gasteiger charge is 2.43. The predicted molar refractivity (Wildman–Crippen MR) is 78.6 cm³/mol. The van der Waals surface area contributed by atoms with E-state index < -0.39 is 0 Å². The monoisotopic (exact) mass is 286 g/mol. The van der Waals surface area contributed by atoms with Crippen molar-refractivity contribution < 1.29 is 9.47 Å². The molecule has 0 aromatic heterocycles. The van der Waals surface area contributed by atoms with Crippen LogP contribution in [0.2, 0.25) is 0 Å². The van der Waals surface area contributed by atoms with E-state index in [0.29, 0.717) is 5.92 Å². The van der Waals surface area contributed by atoms with Gasteiger partial charge in [-0.1, -0.05) is 0 Å². The first-order valence-corrected chi connectivity index (χ1v) is 8.61.